The molecule has 0 aliphatic heterocycles. The van der Waals surface area contributed by atoms with E-state index in [1.54, 1.807) is 12.1 Å². The predicted molar refractivity (Wildman–Crippen MR) is 97.9 cm³/mol. The predicted octanol–water partition coefficient (Wildman–Crippen LogP) is 5.65. The Kier molecular flexibility index (Phi) is 4.65. The van der Waals surface area contributed by atoms with Crippen LogP contribution in [0.2, 0.25) is 5.02 Å². The first-order chi connectivity index (χ1) is 12.8. The third-order valence-corrected chi connectivity index (χ3v) is 6.00. The molecule has 27 heavy (non-hydrogen) atoms. The van der Waals surface area contributed by atoms with Crippen LogP contribution in [0, 0.1) is 0 Å². The van der Waals surface area contributed by atoms with E-state index in [-0.39, 0.29) is 11.3 Å². The molecule has 0 saturated heterocycles. The zero-order chi connectivity index (χ0) is 19.2. The van der Waals surface area contributed by atoms with E-state index >= 15 is 0 Å². The Bertz CT molecular complexity index is 1100. The summed E-state index contributed by atoms with van der Waals surface area (Å²) in [4.78, 5) is 0.861. The molecule has 0 bridgehead atoms. The first-order valence-electron chi connectivity index (χ1n) is 7.56. The van der Waals surface area contributed by atoms with E-state index in [2.05, 4.69) is 15.3 Å². The lowest BCUT2D eigenvalue weighted by Gasteiger charge is -2.00. The maximum atomic E-state index is 13.1. The highest BCUT2D eigenvalue weighted by Crippen LogP contribution is 2.40. The molecule has 0 atom stereocenters. The van der Waals surface area contributed by atoms with Gasteiger partial charge in [-0.3, -0.25) is 4.68 Å². The highest BCUT2D eigenvalue weighted by atomic mass is 35.5. The Morgan fingerprint density at radius 3 is 2.67 bits per heavy atom. The second-order valence-electron chi connectivity index (χ2n) is 5.59. The lowest BCUT2D eigenvalue weighted by atomic mass is 10.2. The van der Waals surface area contributed by atoms with Crippen LogP contribution in [0.15, 0.2) is 40.0 Å². The van der Waals surface area contributed by atoms with Gasteiger partial charge in [0.15, 0.2) is 5.69 Å². The van der Waals surface area contributed by atoms with E-state index in [1.165, 1.54) is 29.6 Å². The van der Waals surface area contributed by atoms with Crippen LogP contribution in [0.5, 0.6) is 0 Å². The number of hydrogen-bond donors (Lipinski definition) is 0. The van der Waals surface area contributed by atoms with Crippen molar-refractivity contribution in [3.05, 3.63) is 46.6 Å². The van der Waals surface area contributed by atoms with Crippen molar-refractivity contribution in [3.63, 3.8) is 0 Å². The molecule has 0 spiro atoms. The summed E-state index contributed by atoms with van der Waals surface area (Å²) in [5.74, 6) is 0.788. The van der Waals surface area contributed by atoms with Crippen LogP contribution in [0.4, 0.5) is 13.2 Å². The number of rotatable bonds is 4. The summed E-state index contributed by atoms with van der Waals surface area (Å²) in [7, 11) is 1.47. The molecule has 0 amide bonds. The van der Waals surface area contributed by atoms with E-state index in [9.17, 15) is 13.2 Å². The molecule has 4 rings (SSSR count). The zero-order valence-corrected chi connectivity index (χ0v) is 16.0. The van der Waals surface area contributed by atoms with Crippen molar-refractivity contribution in [1.82, 2.24) is 20.0 Å². The number of halogens is 4. The number of aryl methyl sites for hydroxylation is 1. The number of nitrogens with zero attached hydrogens (tertiary/aromatic N) is 4. The first-order valence-corrected chi connectivity index (χ1v) is 9.74. The number of alkyl halides is 3. The lowest BCUT2D eigenvalue weighted by molar-refractivity contribution is -0.140. The summed E-state index contributed by atoms with van der Waals surface area (Å²) in [6.45, 7) is 0. The van der Waals surface area contributed by atoms with E-state index in [0.29, 0.717) is 25.7 Å². The number of benzene rings is 1. The van der Waals surface area contributed by atoms with E-state index in [1.807, 2.05) is 12.1 Å². The summed E-state index contributed by atoms with van der Waals surface area (Å²) >= 11 is 8.31. The quantitative estimate of drug-likeness (QED) is 0.391. The van der Waals surface area contributed by atoms with Crippen molar-refractivity contribution in [2.24, 2.45) is 7.05 Å². The molecule has 0 unspecified atom stereocenters. The fourth-order valence-electron chi connectivity index (χ4n) is 2.45. The third kappa shape index (κ3) is 3.69. The van der Waals surface area contributed by atoms with Crippen LogP contribution in [0.1, 0.15) is 11.3 Å². The minimum absolute atomic E-state index is 0.0265. The number of thiophene rings is 1. The Morgan fingerprint density at radius 2 is 1.96 bits per heavy atom. The van der Waals surface area contributed by atoms with Crippen molar-refractivity contribution in [3.8, 4) is 10.8 Å². The SMILES string of the molecule is Cn1nc(C(F)(F)F)c2cc(-c3nnc(SCc4ccc(Cl)cc4)o3)sc21. The topological polar surface area (TPSA) is 56.7 Å². The molecule has 1 aromatic carbocycles. The van der Waals surface area contributed by atoms with Gasteiger partial charge in [0.25, 0.3) is 11.1 Å². The summed E-state index contributed by atoms with van der Waals surface area (Å²) in [6, 6.07) is 8.76. The molecular formula is C16H10ClF3N4OS2. The van der Waals surface area contributed by atoms with Gasteiger partial charge in [0.1, 0.15) is 4.83 Å². The van der Waals surface area contributed by atoms with Crippen LogP contribution >= 0.6 is 34.7 Å². The summed E-state index contributed by atoms with van der Waals surface area (Å²) < 4.78 is 46.1. The van der Waals surface area contributed by atoms with Crippen LogP contribution in [-0.2, 0) is 19.0 Å². The monoisotopic (exact) mass is 430 g/mol. The van der Waals surface area contributed by atoms with Gasteiger partial charge < -0.3 is 4.42 Å². The fraction of sp³-hybridized carbons (Fsp3) is 0.188. The van der Waals surface area contributed by atoms with Gasteiger partial charge in [-0.25, -0.2) is 0 Å². The van der Waals surface area contributed by atoms with Crippen molar-refractivity contribution in [2.75, 3.05) is 0 Å². The minimum atomic E-state index is -4.52. The second kappa shape index (κ2) is 6.84. The molecule has 3 aromatic heterocycles. The van der Waals surface area contributed by atoms with E-state index in [0.717, 1.165) is 16.9 Å². The normalized spacial score (nSPS) is 12.2. The number of hydrogen-bond acceptors (Lipinski definition) is 6. The molecule has 0 aliphatic carbocycles. The van der Waals surface area contributed by atoms with Gasteiger partial charge in [0.2, 0.25) is 0 Å². The lowest BCUT2D eigenvalue weighted by Crippen LogP contribution is -2.07. The molecule has 11 heteroatoms. The molecule has 0 fully saturated rings. The van der Waals surface area contributed by atoms with Crippen LogP contribution < -0.4 is 0 Å². The number of thioether (sulfide) groups is 1. The summed E-state index contributed by atoms with van der Waals surface area (Å²) in [5.41, 5.74) is 0.117. The Labute approximate surface area is 164 Å². The maximum absolute atomic E-state index is 13.1. The van der Waals surface area contributed by atoms with Crippen LogP contribution in [-0.4, -0.2) is 20.0 Å². The third-order valence-electron chi connectivity index (χ3n) is 3.67. The number of aromatic nitrogens is 4. The van der Waals surface area contributed by atoms with Gasteiger partial charge >= 0.3 is 6.18 Å². The molecule has 0 N–H and O–H groups in total. The van der Waals surface area contributed by atoms with E-state index < -0.39 is 11.9 Å². The van der Waals surface area contributed by atoms with Crippen molar-refractivity contribution < 1.29 is 17.6 Å². The van der Waals surface area contributed by atoms with Gasteiger partial charge in [-0.05, 0) is 23.8 Å². The maximum Gasteiger partial charge on any atom is 0.435 e. The van der Waals surface area contributed by atoms with Crippen LogP contribution in [0.3, 0.4) is 0 Å². The largest absolute Gasteiger partial charge is 0.435 e. The van der Waals surface area contributed by atoms with E-state index in [4.69, 9.17) is 16.0 Å². The average Bonchev–Trinajstić information content (AvgIpc) is 3.30. The molecular weight excluding hydrogens is 421 g/mol. The summed E-state index contributed by atoms with van der Waals surface area (Å²) in [5, 5.41) is 12.5. The molecule has 5 nitrogen and oxygen atoms in total. The Balaban J connectivity index is 1.57. The minimum Gasteiger partial charge on any atom is -0.410 e. The first kappa shape index (κ1) is 18.3. The van der Waals surface area contributed by atoms with Gasteiger partial charge in [0.05, 0.1) is 4.88 Å². The second-order valence-corrected chi connectivity index (χ2v) is 7.98. The van der Waals surface area contributed by atoms with Crippen LogP contribution in [0.25, 0.3) is 21.0 Å². The smallest absolute Gasteiger partial charge is 0.410 e. The molecule has 0 aliphatic rings. The van der Waals surface area contributed by atoms with Gasteiger partial charge in [-0.1, -0.05) is 35.5 Å². The molecule has 0 saturated carbocycles. The van der Waals surface area contributed by atoms with Gasteiger partial charge in [-0.2, -0.15) is 18.3 Å². The van der Waals surface area contributed by atoms with Crippen molar-refractivity contribution in [1.29, 1.82) is 0 Å². The average molecular weight is 431 g/mol. The Morgan fingerprint density at radius 1 is 1.22 bits per heavy atom. The Hall–Kier alpha value is -2.04. The molecule has 140 valence electrons. The van der Waals surface area contributed by atoms with Gasteiger partial charge in [0, 0.05) is 23.2 Å². The van der Waals surface area contributed by atoms with Crippen molar-refractivity contribution >= 4 is 44.9 Å². The zero-order valence-electron chi connectivity index (χ0n) is 13.6. The highest BCUT2D eigenvalue weighted by molar-refractivity contribution is 7.98. The van der Waals surface area contributed by atoms with Gasteiger partial charge in [-0.15, -0.1) is 21.5 Å². The highest BCUT2D eigenvalue weighted by Gasteiger charge is 2.37. The molecule has 4 aromatic rings. The fourth-order valence-corrected chi connectivity index (χ4v) is 4.29. The summed E-state index contributed by atoms with van der Waals surface area (Å²) in [6.07, 6.45) is -4.52. The standard InChI is InChI=1S/C16H10ClF3N4OS2/c1-24-14-10(12(23-24)16(18,19)20)6-11(27-14)13-21-22-15(25-13)26-7-8-2-4-9(17)5-3-8/h2-6H,7H2,1H3. The van der Waals surface area contributed by atoms with Crippen molar-refractivity contribution in [2.45, 2.75) is 17.2 Å². The molecule has 3 heterocycles. The molecule has 0 radical (unpaired) electrons. The number of fused-ring (bicyclic) bond motifs is 1.